The summed E-state index contributed by atoms with van der Waals surface area (Å²) in [6.07, 6.45) is 1.59. The van der Waals surface area contributed by atoms with Gasteiger partial charge in [-0.1, -0.05) is 35.9 Å². The largest absolute Gasteiger partial charge is 0.508 e. The van der Waals surface area contributed by atoms with E-state index in [1.165, 1.54) is 11.6 Å². The second kappa shape index (κ2) is 7.68. The molecule has 26 heavy (non-hydrogen) atoms. The third-order valence-corrected chi connectivity index (χ3v) is 5.15. The molecule has 1 fully saturated rings. The van der Waals surface area contributed by atoms with Gasteiger partial charge >= 0.3 is 6.03 Å². The summed E-state index contributed by atoms with van der Waals surface area (Å²) < 4.78 is 0. The first kappa shape index (κ1) is 18.1. The van der Waals surface area contributed by atoms with Gasteiger partial charge in [-0.05, 0) is 49.8 Å². The fourth-order valence-corrected chi connectivity index (χ4v) is 3.49. The lowest BCUT2D eigenvalue weighted by Crippen LogP contribution is -2.44. The predicted molar refractivity (Wildman–Crippen MR) is 101 cm³/mol. The number of piperidine rings is 1. The van der Waals surface area contributed by atoms with Crippen LogP contribution in [0.25, 0.3) is 0 Å². The van der Waals surface area contributed by atoms with Crippen molar-refractivity contribution in [2.24, 2.45) is 0 Å². The van der Waals surface area contributed by atoms with Gasteiger partial charge in [0.15, 0.2) is 0 Å². The summed E-state index contributed by atoms with van der Waals surface area (Å²) in [4.78, 5) is 14.4. The van der Waals surface area contributed by atoms with E-state index in [0.717, 1.165) is 24.0 Å². The minimum absolute atomic E-state index is 0.0398. The number of amides is 2. The van der Waals surface area contributed by atoms with Crippen molar-refractivity contribution in [2.45, 2.75) is 38.6 Å². The van der Waals surface area contributed by atoms with Crippen molar-refractivity contribution in [1.29, 1.82) is 0 Å². The molecule has 1 saturated heterocycles. The summed E-state index contributed by atoms with van der Waals surface area (Å²) in [5.41, 5.74) is 3.13. The van der Waals surface area contributed by atoms with Gasteiger partial charge in [-0.3, -0.25) is 0 Å². The first-order valence-electron chi connectivity index (χ1n) is 9.08. The normalized spacial score (nSPS) is 16.3. The Morgan fingerprint density at radius 2 is 1.77 bits per heavy atom. The van der Waals surface area contributed by atoms with Crippen LogP contribution >= 0.6 is 0 Å². The van der Waals surface area contributed by atoms with Gasteiger partial charge < -0.3 is 20.4 Å². The maximum Gasteiger partial charge on any atom is 0.317 e. The average molecular weight is 354 g/mol. The Hall–Kier alpha value is -2.69. The summed E-state index contributed by atoms with van der Waals surface area (Å²) in [5, 5.41) is 22.5. The second-order valence-electron chi connectivity index (χ2n) is 7.09. The van der Waals surface area contributed by atoms with Gasteiger partial charge in [0.05, 0.1) is 6.04 Å². The summed E-state index contributed by atoms with van der Waals surface area (Å²) in [6.45, 7) is 5.34. The summed E-state index contributed by atoms with van der Waals surface area (Å²) in [5.74, 6) is 0.392. The Morgan fingerprint density at radius 1 is 1.12 bits per heavy atom. The molecule has 1 atom stereocenters. The van der Waals surface area contributed by atoms with Crippen LogP contribution in [0, 0.1) is 6.92 Å². The molecule has 1 aliphatic rings. The number of hydrogen-bond acceptors (Lipinski definition) is 3. The van der Waals surface area contributed by atoms with E-state index in [4.69, 9.17) is 0 Å². The summed E-state index contributed by atoms with van der Waals surface area (Å²) >= 11 is 0. The SMILES string of the molecule is Cc1ccc([C@H](C)NC(=O)N2CCC(c3ccc(O)cc3O)CC2)cc1. The predicted octanol–water partition coefficient (Wildman–Crippen LogP) is 4.06. The van der Waals surface area contributed by atoms with E-state index < -0.39 is 0 Å². The van der Waals surface area contributed by atoms with Crippen molar-refractivity contribution in [1.82, 2.24) is 10.2 Å². The number of hydrogen-bond donors (Lipinski definition) is 3. The molecular weight excluding hydrogens is 328 g/mol. The van der Waals surface area contributed by atoms with E-state index in [0.29, 0.717) is 13.1 Å². The average Bonchev–Trinajstić information content (AvgIpc) is 2.62. The number of carbonyl (C=O) groups is 1. The van der Waals surface area contributed by atoms with Crippen molar-refractivity contribution < 1.29 is 15.0 Å². The highest BCUT2D eigenvalue weighted by atomic mass is 16.3. The molecule has 1 heterocycles. The lowest BCUT2D eigenvalue weighted by molar-refractivity contribution is 0.178. The molecule has 0 aliphatic carbocycles. The maximum atomic E-state index is 12.5. The Kier molecular flexibility index (Phi) is 5.35. The van der Waals surface area contributed by atoms with E-state index in [2.05, 4.69) is 5.32 Å². The number of nitrogens with zero attached hydrogens (tertiary/aromatic N) is 1. The van der Waals surface area contributed by atoms with Crippen LogP contribution in [0.15, 0.2) is 42.5 Å². The van der Waals surface area contributed by atoms with Crippen LogP contribution in [-0.4, -0.2) is 34.2 Å². The molecule has 2 amide bonds. The molecule has 5 nitrogen and oxygen atoms in total. The van der Waals surface area contributed by atoms with Gasteiger partial charge in [-0.2, -0.15) is 0 Å². The lowest BCUT2D eigenvalue weighted by Gasteiger charge is -2.33. The van der Waals surface area contributed by atoms with Gasteiger partial charge in [-0.15, -0.1) is 0 Å². The molecule has 0 radical (unpaired) electrons. The Bertz CT molecular complexity index is 765. The molecule has 0 saturated carbocycles. The second-order valence-corrected chi connectivity index (χ2v) is 7.09. The molecule has 3 N–H and O–H groups in total. The molecule has 0 aromatic heterocycles. The highest BCUT2D eigenvalue weighted by Gasteiger charge is 2.26. The molecule has 2 aromatic carbocycles. The number of aryl methyl sites for hydroxylation is 1. The molecule has 0 unspecified atom stereocenters. The van der Waals surface area contributed by atoms with Crippen LogP contribution in [-0.2, 0) is 0 Å². The number of likely N-dealkylation sites (tertiary alicyclic amines) is 1. The molecule has 0 bridgehead atoms. The topological polar surface area (TPSA) is 72.8 Å². The number of aromatic hydroxyl groups is 2. The lowest BCUT2D eigenvalue weighted by atomic mass is 9.89. The van der Waals surface area contributed by atoms with Gasteiger partial charge in [-0.25, -0.2) is 4.79 Å². The molecule has 0 spiro atoms. The molecular formula is C21H26N2O3. The van der Waals surface area contributed by atoms with E-state index in [1.54, 1.807) is 12.1 Å². The van der Waals surface area contributed by atoms with Crippen LogP contribution in [0.3, 0.4) is 0 Å². The quantitative estimate of drug-likeness (QED) is 0.778. The summed E-state index contributed by atoms with van der Waals surface area (Å²) in [7, 11) is 0. The van der Waals surface area contributed by atoms with Gasteiger partial charge in [0.25, 0.3) is 0 Å². The zero-order valence-electron chi connectivity index (χ0n) is 15.3. The van der Waals surface area contributed by atoms with Crippen LogP contribution < -0.4 is 5.32 Å². The van der Waals surface area contributed by atoms with E-state index in [1.807, 2.05) is 43.0 Å². The number of phenolic OH excluding ortho intramolecular Hbond substituents is 2. The maximum absolute atomic E-state index is 12.5. The standard InChI is InChI=1S/C21H26N2O3/c1-14-3-5-16(6-4-14)15(2)22-21(26)23-11-9-17(10-12-23)19-8-7-18(24)13-20(19)25/h3-8,13,15,17,24-25H,9-12H2,1-2H3,(H,22,26)/t15-/m0/s1. The van der Waals surface area contributed by atoms with Gasteiger partial charge in [0.1, 0.15) is 11.5 Å². The van der Waals surface area contributed by atoms with Crippen molar-refractivity contribution in [3.63, 3.8) is 0 Å². The highest BCUT2D eigenvalue weighted by molar-refractivity contribution is 5.74. The number of urea groups is 1. The number of rotatable bonds is 3. The Labute approximate surface area is 154 Å². The number of carbonyl (C=O) groups excluding carboxylic acids is 1. The van der Waals surface area contributed by atoms with Gasteiger partial charge in [0, 0.05) is 19.2 Å². The fourth-order valence-electron chi connectivity index (χ4n) is 3.49. The van der Waals surface area contributed by atoms with Crippen LogP contribution in [0.4, 0.5) is 4.79 Å². The first-order chi connectivity index (χ1) is 12.4. The van der Waals surface area contributed by atoms with Crippen molar-refractivity contribution in [2.75, 3.05) is 13.1 Å². The monoisotopic (exact) mass is 354 g/mol. The molecule has 3 rings (SSSR count). The zero-order valence-corrected chi connectivity index (χ0v) is 15.3. The molecule has 1 aliphatic heterocycles. The minimum atomic E-state index is -0.0496. The molecule has 138 valence electrons. The van der Waals surface area contributed by atoms with Crippen LogP contribution in [0.2, 0.25) is 0 Å². The third-order valence-electron chi connectivity index (χ3n) is 5.15. The molecule has 2 aromatic rings. The van der Waals surface area contributed by atoms with Crippen LogP contribution in [0.1, 0.15) is 48.4 Å². The fraction of sp³-hybridized carbons (Fsp3) is 0.381. The zero-order chi connectivity index (χ0) is 18.7. The summed E-state index contributed by atoms with van der Waals surface area (Å²) in [6, 6.07) is 12.8. The minimum Gasteiger partial charge on any atom is -0.508 e. The Morgan fingerprint density at radius 3 is 2.38 bits per heavy atom. The van der Waals surface area contributed by atoms with Crippen LogP contribution in [0.5, 0.6) is 11.5 Å². The van der Waals surface area contributed by atoms with Crippen molar-refractivity contribution in [3.8, 4) is 11.5 Å². The number of nitrogens with one attached hydrogen (secondary N) is 1. The van der Waals surface area contributed by atoms with Gasteiger partial charge in [0.2, 0.25) is 0 Å². The third kappa shape index (κ3) is 4.10. The Balaban J connectivity index is 1.55. The smallest absolute Gasteiger partial charge is 0.317 e. The first-order valence-corrected chi connectivity index (χ1v) is 9.08. The van der Waals surface area contributed by atoms with E-state index >= 15 is 0 Å². The van der Waals surface area contributed by atoms with Crippen molar-refractivity contribution in [3.05, 3.63) is 59.2 Å². The van der Waals surface area contributed by atoms with E-state index in [-0.39, 0.29) is 29.5 Å². The van der Waals surface area contributed by atoms with Crippen molar-refractivity contribution >= 4 is 6.03 Å². The molecule has 5 heteroatoms. The van der Waals surface area contributed by atoms with E-state index in [9.17, 15) is 15.0 Å². The highest BCUT2D eigenvalue weighted by Crippen LogP contribution is 2.35. The number of phenols is 2. The number of benzene rings is 2.